The van der Waals surface area contributed by atoms with Crippen molar-refractivity contribution in [3.63, 3.8) is 0 Å². The molecule has 0 amide bonds. The molecule has 2 atom stereocenters. The molecule has 1 aliphatic rings. The zero-order chi connectivity index (χ0) is 14.7. The van der Waals surface area contributed by atoms with Crippen LogP contribution in [0.2, 0.25) is 0 Å². The predicted molar refractivity (Wildman–Crippen MR) is 84.5 cm³/mol. The molecule has 3 N–H and O–H groups in total. The third-order valence-electron chi connectivity index (χ3n) is 4.36. The van der Waals surface area contributed by atoms with Crippen molar-refractivity contribution < 1.29 is 5.11 Å². The molecule has 2 unspecified atom stereocenters. The number of hydrogen-bond acceptors (Lipinski definition) is 5. The molecule has 0 spiro atoms. The van der Waals surface area contributed by atoms with Crippen LogP contribution in [0.5, 0.6) is 0 Å². The summed E-state index contributed by atoms with van der Waals surface area (Å²) >= 11 is 1.42. The lowest BCUT2D eigenvalue weighted by molar-refractivity contribution is 0.133. The first kappa shape index (κ1) is 14.7. The van der Waals surface area contributed by atoms with Crippen molar-refractivity contribution in [3.8, 4) is 0 Å². The van der Waals surface area contributed by atoms with Gasteiger partial charge in [0.25, 0.3) is 5.56 Å². The SMILES string of the molecule is O=c1[nH]c(CNCC2CCCCC2CO)nc2ccsc12. The van der Waals surface area contributed by atoms with Gasteiger partial charge in [-0.15, -0.1) is 11.3 Å². The van der Waals surface area contributed by atoms with Gasteiger partial charge in [0, 0.05) is 6.61 Å². The summed E-state index contributed by atoms with van der Waals surface area (Å²) in [5, 5.41) is 14.7. The molecule has 0 aliphatic heterocycles. The van der Waals surface area contributed by atoms with Crippen LogP contribution in [0.15, 0.2) is 16.2 Å². The van der Waals surface area contributed by atoms with Crippen molar-refractivity contribution in [2.75, 3.05) is 13.2 Å². The summed E-state index contributed by atoms with van der Waals surface area (Å²) in [5.74, 6) is 1.63. The summed E-state index contributed by atoms with van der Waals surface area (Å²) in [5.41, 5.74) is 0.712. The number of hydrogen-bond donors (Lipinski definition) is 3. The molecular formula is C15H21N3O2S. The van der Waals surface area contributed by atoms with Gasteiger partial charge in [-0.2, -0.15) is 0 Å². The Hall–Kier alpha value is -1.24. The Morgan fingerprint density at radius 1 is 1.38 bits per heavy atom. The maximum absolute atomic E-state index is 11.9. The van der Waals surface area contributed by atoms with Gasteiger partial charge in [-0.3, -0.25) is 4.79 Å². The molecule has 6 heteroatoms. The molecule has 2 aromatic rings. The minimum absolute atomic E-state index is 0.0577. The van der Waals surface area contributed by atoms with E-state index in [0.717, 1.165) is 18.5 Å². The third-order valence-corrected chi connectivity index (χ3v) is 5.27. The molecule has 5 nitrogen and oxygen atoms in total. The average molecular weight is 307 g/mol. The first-order valence-corrected chi connectivity index (χ1v) is 8.44. The summed E-state index contributed by atoms with van der Waals surface area (Å²) in [6.07, 6.45) is 4.77. The largest absolute Gasteiger partial charge is 0.396 e. The predicted octanol–water partition coefficient (Wildman–Crippen LogP) is 1.87. The van der Waals surface area contributed by atoms with Gasteiger partial charge in [0.1, 0.15) is 10.5 Å². The first-order valence-electron chi connectivity index (χ1n) is 7.56. The average Bonchev–Trinajstić information content (AvgIpc) is 2.97. The van der Waals surface area contributed by atoms with Crippen molar-refractivity contribution in [2.24, 2.45) is 11.8 Å². The van der Waals surface area contributed by atoms with E-state index < -0.39 is 0 Å². The molecule has 0 radical (unpaired) electrons. The van der Waals surface area contributed by atoms with Gasteiger partial charge in [0.15, 0.2) is 0 Å². The highest BCUT2D eigenvalue weighted by atomic mass is 32.1. The quantitative estimate of drug-likeness (QED) is 0.788. The molecule has 0 bridgehead atoms. The summed E-state index contributed by atoms with van der Waals surface area (Å²) in [6.45, 7) is 1.72. The normalized spacial score (nSPS) is 22.7. The Bertz CT molecular complexity index is 652. The third kappa shape index (κ3) is 3.33. The standard InChI is InChI=1S/C15H21N3O2S/c19-9-11-4-2-1-3-10(11)7-16-8-13-17-12-5-6-21-14(12)15(20)18-13/h5-6,10-11,16,19H,1-4,7-9H2,(H,17,18,20). The number of aromatic nitrogens is 2. The summed E-state index contributed by atoms with van der Waals surface area (Å²) in [7, 11) is 0. The van der Waals surface area contributed by atoms with Crippen LogP contribution in [0, 0.1) is 11.8 Å². The van der Waals surface area contributed by atoms with E-state index in [2.05, 4.69) is 15.3 Å². The van der Waals surface area contributed by atoms with Crippen LogP contribution in [0.4, 0.5) is 0 Å². The minimum Gasteiger partial charge on any atom is -0.396 e. The number of rotatable bonds is 5. The van der Waals surface area contributed by atoms with Gasteiger partial charge in [0.05, 0.1) is 12.1 Å². The van der Waals surface area contributed by atoms with Gasteiger partial charge in [-0.05, 0) is 42.7 Å². The fourth-order valence-electron chi connectivity index (χ4n) is 3.17. The highest BCUT2D eigenvalue weighted by Crippen LogP contribution is 2.29. The van der Waals surface area contributed by atoms with Gasteiger partial charge in [-0.1, -0.05) is 12.8 Å². The van der Waals surface area contributed by atoms with Crippen molar-refractivity contribution in [2.45, 2.75) is 32.2 Å². The van der Waals surface area contributed by atoms with Crippen LogP contribution in [0.3, 0.4) is 0 Å². The number of aliphatic hydroxyl groups excluding tert-OH is 1. The maximum Gasteiger partial charge on any atom is 0.268 e. The van der Waals surface area contributed by atoms with E-state index in [4.69, 9.17) is 0 Å². The molecule has 3 rings (SSSR count). The number of aromatic amines is 1. The number of thiophene rings is 1. The minimum atomic E-state index is -0.0577. The first-order chi connectivity index (χ1) is 10.3. The van der Waals surface area contributed by atoms with E-state index >= 15 is 0 Å². The highest BCUT2D eigenvalue weighted by molar-refractivity contribution is 7.17. The second-order valence-corrected chi connectivity index (χ2v) is 6.68. The Balaban J connectivity index is 1.60. The molecule has 0 aromatic carbocycles. The molecule has 114 valence electrons. The van der Waals surface area contributed by atoms with Gasteiger partial charge < -0.3 is 15.4 Å². The lowest BCUT2D eigenvalue weighted by Gasteiger charge is -2.30. The molecule has 2 heterocycles. The van der Waals surface area contributed by atoms with Gasteiger partial charge in [-0.25, -0.2) is 4.98 Å². The Labute approximate surface area is 127 Å². The van der Waals surface area contributed by atoms with Crippen LogP contribution in [0.1, 0.15) is 31.5 Å². The maximum atomic E-state index is 11.9. The van der Waals surface area contributed by atoms with Crippen molar-refractivity contribution in [1.82, 2.24) is 15.3 Å². The molecule has 1 aliphatic carbocycles. The van der Waals surface area contributed by atoms with Crippen LogP contribution in [0.25, 0.3) is 10.2 Å². The summed E-state index contributed by atoms with van der Waals surface area (Å²) < 4.78 is 0.686. The fourth-order valence-corrected chi connectivity index (χ4v) is 3.90. The van der Waals surface area contributed by atoms with E-state index in [-0.39, 0.29) is 12.2 Å². The highest BCUT2D eigenvalue weighted by Gasteiger charge is 2.23. The lowest BCUT2D eigenvalue weighted by Crippen LogP contribution is -2.32. The van der Waals surface area contributed by atoms with Crippen molar-refractivity contribution in [1.29, 1.82) is 0 Å². The monoisotopic (exact) mass is 307 g/mol. The topological polar surface area (TPSA) is 78.0 Å². The van der Waals surface area contributed by atoms with E-state index in [9.17, 15) is 9.90 Å². The number of nitrogens with zero attached hydrogens (tertiary/aromatic N) is 1. The van der Waals surface area contributed by atoms with Crippen molar-refractivity contribution >= 4 is 21.6 Å². The zero-order valence-electron chi connectivity index (χ0n) is 12.0. The van der Waals surface area contributed by atoms with E-state index in [1.54, 1.807) is 0 Å². The number of fused-ring (bicyclic) bond motifs is 1. The zero-order valence-corrected chi connectivity index (χ0v) is 12.8. The second kappa shape index (κ2) is 6.68. The second-order valence-electron chi connectivity index (χ2n) is 5.77. The number of H-pyrrole nitrogens is 1. The summed E-state index contributed by atoms with van der Waals surface area (Å²) in [4.78, 5) is 19.2. The Morgan fingerprint density at radius 3 is 3.00 bits per heavy atom. The number of nitrogens with one attached hydrogen (secondary N) is 2. The van der Waals surface area contributed by atoms with Crippen LogP contribution < -0.4 is 10.9 Å². The van der Waals surface area contributed by atoms with Crippen LogP contribution >= 0.6 is 11.3 Å². The fraction of sp³-hybridized carbons (Fsp3) is 0.600. The molecule has 2 aromatic heterocycles. The Kier molecular flexibility index (Phi) is 4.67. The van der Waals surface area contributed by atoms with Crippen LogP contribution in [-0.4, -0.2) is 28.2 Å². The number of aliphatic hydroxyl groups is 1. The molecular weight excluding hydrogens is 286 g/mol. The summed E-state index contributed by atoms with van der Waals surface area (Å²) in [6, 6.07) is 1.88. The molecule has 0 saturated heterocycles. The van der Waals surface area contributed by atoms with Crippen molar-refractivity contribution in [3.05, 3.63) is 27.6 Å². The van der Waals surface area contributed by atoms with Crippen LogP contribution in [-0.2, 0) is 6.54 Å². The Morgan fingerprint density at radius 2 is 2.19 bits per heavy atom. The van der Waals surface area contributed by atoms with E-state index in [0.29, 0.717) is 28.9 Å². The van der Waals surface area contributed by atoms with Gasteiger partial charge >= 0.3 is 0 Å². The van der Waals surface area contributed by atoms with E-state index in [1.165, 1.54) is 30.6 Å². The molecule has 1 saturated carbocycles. The van der Waals surface area contributed by atoms with E-state index in [1.807, 2.05) is 11.4 Å². The smallest absolute Gasteiger partial charge is 0.268 e. The lowest BCUT2D eigenvalue weighted by atomic mass is 9.79. The molecule has 1 fully saturated rings. The van der Waals surface area contributed by atoms with Gasteiger partial charge in [0.2, 0.25) is 0 Å². The molecule has 21 heavy (non-hydrogen) atoms.